The van der Waals surface area contributed by atoms with Crippen molar-refractivity contribution in [2.24, 2.45) is 0 Å². The molecule has 3 rings (SSSR count). The van der Waals surface area contributed by atoms with Gasteiger partial charge in [0, 0.05) is 17.7 Å². The van der Waals surface area contributed by atoms with Gasteiger partial charge < -0.3 is 19.5 Å². The number of rotatable bonds is 7. The van der Waals surface area contributed by atoms with Crippen LogP contribution in [0.1, 0.15) is 0 Å². The fourth-order valence-corrected chi connectivity index (χ4v) is 2.72. The van der Waals surface area contributed by atoms with E-state index in [1.807, 2.05) is 12.1 Å². The Kier molecular flexibility index (Phi) is 6.13. The number of nitrogens with one attached hydrogen (secondary N) is 1. The van der Waals surface area contributed by atoms with E-state index >= 15 is 0 Å². The number of anilines is 1. The second kappa shape index (κ2) is 8.92. The maximum atomic E-state index is 12.4. The number of aromatic nitrogens is 2. The number of hydrogen-bond acceptors (Lipinski definition) is 6. The molecule has 0 saturated heterocycles. The highest BCUT2D eigenvalue weighted by atomic mass is 16.5. The van der Waals surface area contributed by atoms with Crippen LogP contribution in [0, 0.1) is 0 Å². The summed E-state index contributed by atoms with van der Waals surface area (Å²) < 4.78 is 16.8. The van der Waals surface area contributed by atoms with Crippen LogP contribution in [0.15, 0.2) is 59.7 Å². The van der Waals surface area contributed by atoms with E-state index in [4.69, 9.17) is 14.2 Å². The van der Waals surface area contributed by atoms with E-state index in [1.165, 1.54) is 31.2 Å². The number of carbonyl (C=O) groups is 1. The minimum Gasteiger partial charge on any atom is -0.497 e. The van der Waals surface area contributed by atoms with Gasteiger partial charge in [-0.15, -0.1) is 0 Å². The molecule has 150 valence electrons. The molecule has 0 aliphatic carbocycles. The first-order valence-electron chi connectivity index (χ1n) is 8.77. The number of carbonyl (C=O) groups excluding carboxylic acids is 1. The molecule has 3 aromatic rings. The van der Waals surface area contributed by atoms with Crippen molar-refractivity contribution in [3.63, 3.8) is 0 Å². The van der Waals surface area contributed by atoms with Gasteiger partial charge in [0.2, 0.25) is 5.91 Å². The van der Waals surface area contributed by atoms with E-state index in [0.29, 0.717) is 28.6 Å². The van der Waals surface area contributed by atoms with Crippen molar-refractivity contribution in [3.05, 3.63) is 65.2 Å². The summed E-state index contributed by atoms with van der Waals surface area (Å²) in [6.45, 7) is -0.185. The van der Waals surface area contributed by atoms with E-state index in [0.717, 1.165) is 5.56 Å². The molecule has 0 radical (unpaired) electrons. The standard InChI is InChI=1S/C21H21N3O5/c1-27-15-6-4-14(5-7-15)17-11-21(26)24(13-22-17)12-20(25)23-18-10-16(28-2)8-9-19(18)29-3/h4-11,13H,12H2,1-3H3,(H,23,25). The molecule has 0 bridgehead atoms. The van der Waals surface area contributed by atoms with Crippen LogP contribution in [0.25, 0.3) is 11.3 Å². The minimum absolute atomic E-state index is 0.185. The molecule has 29 heavy (non-hydrogen) atoms. The first-order valence-corrected chi connectivity index (χ1v) is 8.77. The Labute approximate surface area is 167 Å². The first-order chi connectivity index (χ1) is 14.0. The highest BCUT2D eigenvalue weighted by molar-refractivity contribution is 5.92. The van der Waals surface area contributed by atoms with Gasteiger partial charge in [0.25, 0.3) is 5.56 Å². The molecule has 0 aliphatic heterocycles. The Morgan fingerprint density at radius 2 is 1.66 bits per heavy atom. The van der Waals surface area contributed by atoms with Crippen LogP contribution in [0.4, 0.5) is 5.69 Å². The van der Waals surface area contributed by atoms with Gasteiger partial charge in [0.15, 0.2) is 0 Å². The Morgan fingerprint density at radius 3 is 2.28 bits per heavy atom. The van der Waals surface area contributed by atoms with Gasteiger partial charge in [0.1, 0.15) is 23.8 Å². The molecule has 0 unspecified atom stereocenters. The van der Waals surface area contributed by atoms with Crippen molar-refractivity contribution in [1.82, 2.24) is 9.55 Å². The molecule has 8 heteroatoms. The van der Waals surface area contributed by atoms with Crippen molar-refractivity contribution in [3.8, 4) is 28.5 Å². The Hall–Kier alpha value is -3.81. The van der Waals surface area contributed by atoms with Crippen molar-refractivity contribution >= 4 is 11.6 Å². The lowest BCUT2D eigenvalue weighted by atomic mass is 10.1. The summed E-state index contributed by atoms with van der Waals surface area (Å²) >= 11 is 0. The number of nitrogens with zero attached hydrogens (tertiary/aromatic N) is 2. The largest absolute Gasteiger partial charge is 0.497 e. The highest BCUT2D eigenvalue weighted by Gasteiger charge is 2.11. The van der Waals surface area contributed by atoms with Crippen molar-refractivity contribution in [2.45, 2.75) is 6.54 Å². The first kappa shape index (κ1) is 19.9. The zero-order chi connectivity index (χ0) is 20.8. The molecule has 1 aromatic heterocycles. The second-order valence-electron chi connectivity index (χ2n) is 6.08. The van der Waals surface area contributed by atoms with Crippen LogP contribution < -0.4 is 25.1 Å². The lowest BCUT2D eigenvalue weighted by Crippen LogP contribution is -2.27. The summed E-state index contributed by atoms with van der Waals surface area (Å²) in [7, 11) is 4.62. The molecule has 1 amide bonds. The van der Waals surface area contributed by atoms with Gasteiger partial charge in [-0.25, -0.2) is 4.98 Å². The third-order valence-corrected chi connectivity index (χ3v) is 4.26. The van der Waals surface area contributed by atoms with Crippen molar-refractivity contribution < 1.29 is 19.0 Å². The second-order valence-corrected chi connectivity index (χ2v) is 6.08. The van der Waals surface area contributed by atoms with E-state index in [9.17, 15) is 9.59 Å². The smallest absolute Gasteiger partial charge is 0.254 e. The summed E-state index contributed by atoms with van der Waals surface area (Å²) in [5, 5.41) is 2.73. The van der Waals surface area contributed by atoms with E-state index in [1.54, 1.807) is 37.4 Å². The average Bonchev–Trinajstić information content (AvgIpc) is 2.75. The number of methoxy groups -OCH3 is 3. The Morgan fingerprint density at radius 1 is 0.966 bits per heavy atom. The van der Waals surface area contributed by atoms with Crippen LogP contribution in [0.5, 0.6) is 17.2 Å². The highest BCUT2D eigenvalue weighted by Crippen LogP contribution is 2.28. The summed E-state index contributed by atoms with van der Waals surface area (Å²) in [4.78, 5) is 29.1. The summed E-state index contributed by atoms with van der Waals surface area (Å²) in [6, 6.07) is 13.6. The van der Waals surface area contributed by atoms with Crippen LogP contribution in [0.2, 0.25) is 0 Å². The molecule has 0 saturated carbocycles. The molecule has 0 fully saturated rings. The Balaban J connectivity index is 1.75. The molecule has 0 atom stereocenters. The Bertz CT molecular complexity index is 1060. The number of benzene rings is 2. The molecule has 8 nitrogen and oxygen atoms in total. The van der Waals surface area contributed by atoms with Crippen LogP contribution in [0.3, 0.4) is 0 Å². The number of hydrogen-bond donors (Lipinski definition) is 1. The van der Waals surface area contributed by atoms with Gasteiger partial charge in [-0.05, 0) is 36.4 Å². The average molecular weight is 395 g/mol. The fourth-order valence-electron chi connectivity index (χ4n) is 2.72. The van der Waals surface area contributed by atoms with E-state index < -0.39 is 5.91 Å². The van der Waals surface area contributed by atoms with Crippen LogP contribution in [-0.4, -0.2) is 36.8 Å². The topological polar surface area (TPSA) is 91.7 Å². The molecular formula is C21H21N3O5. The van der Waals surface area contributed by atoms with E-state index in [-0.39, 0.29) is 12.1 Å². The normalized spacial score (nSPS) is 10.3. The van der Waals surface area contributed by atoms with Crippen LogP contribution in [-0.2, 0) is 11.3 Å². The minimum atomic E-state index is -0.391. The molecule has 1 N–H and O–H groups in total. The lowest BCUT2D eigenvalue weighted by molar-refractivity contribution is -0.116. The summed E-state index contributed by atoms with van der Waals surface area (Å²) in [5.74, 6) is 1.38. The van der Waals surface area contributed by atoms with Crippen molar-refractivity contribution in [1.29, 1.82) is 0 Å². The van der Waals surface area contributed by atoms with Gasteiger partial charge in [-0.3, -0.25) is 14.2 Å². The maximum absolute atomic E-state index is 12.4. The molecule has 1 heterocycles. The van der Waals surface area contributed by atoms with E-state index in [2.05, 4.69) is 10.3 Å². The zero-order valence-electron chi connectivity index (χ0n) is 16.3. The lowest BCUT2D eigenvalue weighted by Gasteiger charge is -2.12. The zero-order valence-corrected chi connectivity index (χ0v) is 16.3. The molecular weight excluding hydrogens is 374 g/mol. The maximum Gasteiger partial charge on any atom is 0.254 e. The molecule has 2 aromatic carbocycles. The van der Waals surface area contributed by atoms with Gasteiger partial charge in [0.05, 0.1) is 39.0 Å². The molecule has 0 aliphatic rings. The summed E-state index contributed by atoms with van der Waals surface area (Å²) in [5.41, 5.74) is 1.41. The number of ether oxygens (including phenoxy) is 3. The van der Waals surface area contributed by atoms with Gasteiger partial charge in [-0.1, -0.05) is 0 Å². The quantitative estimate of drug-likeness (QED) is 0.661. The third-order valence-electron chi connectivity index (χ3n) is 4.26. The number of amides is 1. The summed E-state index contributed by atoms with van der Waals surface area (Å²) in [6.07, 6.45) is 1.35. The van der Waals surface area contributed by atoms with Crippen LogP contribution >= 0.6 is 0 Å². The monoisotopic (exact) mass is 395 g/mol. The van der Waals surface area contributed by atoms with Gasteiger partial charge in [-0.2, -0.15) is 0 Å². The van der Waals surface area contributed by atoms with Crippen molar-refractivity contribution in [2.75, 3.05) is 26.6 Å². The molecule has 0 spiro atoms. The fraction of sp³-hybridized carbons (Fsp3) is 0.190. The predicted octanol–water partition coefficient (Wildman–Crippen LogP) is 2.57. The predicted molar refractivity (Wildman–Crippen MR) is 109 cm³/mol. The third kappa shape index (κ3) is 4.73. The van der Waals surface area contributed by atoms with Gasteiger partial charge >= 0.3 is 0 Å². The SMILES string of the molecule is COc1ccc(-c2cc(=O)n(CC(=O)Nc3cc(OC)ccc3OC)cn2)cc1.